The van der Waals surface area contributed by atoms with E-state index in [0.29, 0.717) is 5.56 Å². The van der Waals surface area contributed by atoms with Gasteiger partial charge in [0.25, 0.3) is 0 Å². The Morgan fingerprint density at radius 3 is 2.54 bits per heavy atom. The number of rotatable bonds is 5. The maximum atomic E-state index is 12.1. The summed E-state index contributed by atoms with van der Waals surface area (Å²) in [5.74, 6) is -6.11. The molecular formula is C15H18NO7P. The average Bonchev–Trinajstić information content (AvgIpc) is 2.44. The maximum Gasteiger partial charge on any atom is 0.427 e. The second-order valence-electron chi connectivity index (χ2n) is 5.57. The van der Waals surface area contributed by atoms with E-state index < -0.39 is 31.2 Å². The van der Waals surface area contributed by atoms with Gasteiger partial charge in [0.15, 0.2) is 11.6 Å². The molecule has 6 N–H and O–H groups in total. The predicted octanol–water partition coefficient (Wildman–Crippen LogP) is 0.498. The van der Waals surface area contributed by atoms with Gasteiger partial charge in [0.2, 0.25) is 0 Å². The van der Waals surface area contributed by atoms with Gasteiger partial charge in [-0.1, -0.05) is 25.1 Å². The van der Waals surface area contributed by atoms with Crippen molar-refractivity contribution in [1.29, 1.82) is 0 Å². The van der Waals surface area contributed by atoms with Crippen molar-refractivity contribution in [2.45, 2.75) is 18.6 Å². The Morgan fingerprint density at radius 1 is 1.29 bits per heavy atom. The summed E-state index contributed by atoms with van der Waals surface area (Å²) in [6, 6.07) is 5.76. The van der Waals surface area contributed by atoms with Crippen molar-refractivity contribution < 1.29 is 34.5 Å². The molecule has 1 aliphatic carbocycles. The van der Waals surface area contributed by atoms with Gasteiger partial charge < -0.3 is 25.1 Å². The van der Waals surface area contributed by atoms with Crippen LogP contribution >= 0.6 is 7.75 Å². The molecule has 8 nitrogen and oxygen atoms in total. The molecule has 130 valence electrons. The van der Waals surface area contributed by atoms with Crippen LogP contribution in [0, 0.1) is 5.92 Å². The van der Waals surface area contributed by atoms with Crippen LogP contribution in [0.1, 0.15) is 18.4 Å². The number of hydrogen-bond acceptors (Lipinski definition) is 5. The highest BCUT2D eigenvalue weighted by Gasteiger charge is 2.47. The maximum absolute atomic E-state index is 12.1. The second-order valence-corrected chi connectivity index (χ2v) is 6.88. The SMILES string of the molecule is CC(c1cccc(O)c1)C(O)(O)C1C(=O)C=CC=C1NP(=O)(O)O. The van der Waals surface area contributed by atoms with Crippen molar-refractivity contribution in [2.75, 3.05) is 0 Å². The third-order valence-electron chi connectivity index (χ3n) is 3.84. The van der Waals surface area contributed by atoms with Crippen LogP contribution in [0.3, 0.4) is 0 Å². The molecule has 0 bridgehead atoms. The van der Waals surface area contributed by atoms with Gasteiger partial charge in [0, 0.05) is 11.6 Å². The van der Waals surface area contributed by atoms with E-state index >= 15 is 0 Å². The Hall–Kier alpha value is -1.96. The summed E-state index contributed by atoms with van der Waals surface area (Å²) in [5, 5.41) is 32.5. The average molecular weight is 355 g/mol. The van der Waals surface area contributed by atoms with Crippen molar-refractivity contribution in [2.24, 2.45) is 5.92 Å². The molecule has 0 aliphatic heterocycles. The van der Waals surface area contributed by atoms with Gasteiger partial charge in [-0.05, 0) is 29.8 Å². The summed E-state index contributed by atoms with van der Waals surface area (Å²) >= 11 is 0. The minimum Gasteiger partial charge on any atom is -0.508 e. The van der Waals surface area contributed by atoms with Crippen LogP contribution in [-0.2, 0) is 9.36 Å². The smallest absolute Gasteiger partial charge is 0.427 e. The second kappa shape index (κ2) is 6.51. The van der Waals surface area contributed by atoms with Crippen LogP contribution in [0.4, 0.5) is 0 Å². The summed E-state index contributed by atoms with van der Waals surface area (Å²) in [6.07, 6.45) is 3.54. The van der Waals surface area contributed by atoms with Crippen molar-refractivity contribution in [3.63, 3.8) is 0 Å². The summed E-state index contributed by atoms with van der Waals surface area (Å²) < 4.78 is 11.2. The molecule has 1 aromatic carbocycles. The van der Waals surface area contributed by atoms with E-state index in [1.54, 1.807) is 0 Å². The van der Waals surface area contributed by atoms with Gasteiger partial charge in [-0.2, -0.15) is 0 Å². The molecule has 0 aromatic heterocycles. The molecule has 0 fully saturated rings. The number of carbonyl (C=O) groups excluding carboxylic acids is 1. The molecule has 0 heterocycles. The summed E-state index contributed by atoms with van der Waals surface area (Å²) in [4.78, 5) is 30.3. The van der Waals surface area contributed by atoms with Crippen LogP contribution < -0.4 is 5.09 Å². The molecular weight excluding hydrogens is 337 g/mol. The van der Waals surface area contributed by atoms with Gasteiger partial charge in [0.1, 0.15) is 11.7 Å². The minimum atomic E-state index is -4.74. The van der Waals surface area contributed by atoms with Gasteiger partial charge in [-0.15, -0.1) is 0 Å². The van der Waals surface area contributed by atoms with Crippen molar-refractivity contribution in [3.05, 3.63) is 53.8 Å². The number of carbonyl (C=O) groups is 1. The highest BCUT2D eigenvalue weighted by Crippen LogP contribution is 2.41. The lowest BCUT2D eigenvalue weighted by Crippen LogP contribution is -2.49. The first-order valence-corrected chi connectivity index (χ1v) is 8.63. The van der Waals surface area contributed by atoms with Crippen molar-refractivity contribution in [3.8, 4) is 5.75 Å². The zero-order valence-electron chi connectivity index (χ0n) is 12.7. The number of phenolic OH excluding ortho intramolecular Hbond substituents is 1. The highest BCUT2D eigenvalue weighted by molar-refractivity contribution is 7.49. The summed E-state index contributed by atoms with van der Waals surface area (Å²) in [7, 11) is -4.74. The first-order chi connectivity index (χ1) is 11.0. The zero-order chi connectivity index (χ0) is 18.1. The monoisotopic (exact) mass is 355 g/mol. The number of benzene rings is 1. The Labute approximate surface area is 138 Å². The Balaban J connectivity index is 2.41. The lowest BCUT2D eigenvalue weighted by atomic mass is 9.78. The van der Waals surface area contributed by atoms with E-state index in [0.717, 1.165) is 6.08 Å². The molecule has 0 saturated carbocycles. The number of aliphatic hydroxyl groups is 2. The van der Waals surface area contributed by atoms with Gasteiger partial charge >= 0.3 is 7.75 Å². The molecule has 0 radical (unpaired) electrons. The number of aromatic hydroxyl groups is 1. The van der Waals surface area contributed by atoms with E-state index in [9.17, 15) is 24.7 Å². The third kappa shape index (κ3) is 3.92. The topological polar surface area (TPSA) is 147 Å². The molecule has 2 atom stereocenters. The summed E-state index contributed by atoms with van der Waals surface area (Å²) in [5.41, 5.74) is 0.0470. The molecule has 0 spiro atoms. The zero-order valence-corrected chi connectivity index (χ0v) is 13.6. The molecule has 9 heteroatoms. The molecule has 1 aromatic rings. The van der Waals surface area contributed by atoms with E-state index in [1.165, 1.54) is 43.3 Å². The largest absolute Gasteiger partial charge is 0.508 e. The molecule has 0 saturated heterocycles. The number of phenols is 1. The number of ketones is 1. The molecule has 2 unspecified atom stereocenters. The Morgan fingerprint density at radius 2 is 1.96 bits per heavy atom. The van der Waals surface area contributed by atoms with E-state index in [-0.39, 0.29) is 11.4 Å². The van der Waals surface area contributed by atoms with E-state index in [4.69, 9.17) is 9.79 Å². The number of hydrogen-bond donors (Lipinski definition) is 6. The fraction of sp³-hybridized carbons (Fsp3) is 0.267. The Bertz CT molecular complexity index is 750. The lowest BCUT2D eigenvalue weighted by molar-refractivity contribution is -0.204. The standard InChI is InChI=1S/C15H18NO7P/c1-9(10-4-2-5-11(17)8-10)15(19,20)14-12(16-24(21,22)23)6-3-7-13(14)18/h2-9,14,17,19-20H,1H3,(H3,16,21,22,23). The first-order valence-electron chi connectivity index (χ1n) is 7.02. The third-order valence-corrected chi connectivity index (χ3v) is 4.39. The number of allylic oxidation sites excluding steroid dienone is 3. The van der Waals surface area contributed by atoms with E-state index in [2.05, 4.69) is 0 Å². The highest BCUT2D eigenvalue weighted by atomic mass is 31.2. The number of nitrogens with one attached hydrogen (secondary N) is 1. The van der Waals surface area contributed by atoms with Crippen LogP contribution in [0.25, 0.3) is 0 Å². The lowest BCUT2D eigenvalue weighted by Gasteiger charge is -2.37. The summed E-state index contributed by atoms with van der Waals surface area (Å²) in [6.45, 7) is 1.43. The molecule has 0 amide bonds. The van der Waals surface area contributed by atoms with Crippen molar-refractivity contribution >= 4 is 13.5 Å². The van der Waals surface area contributed by atoms with Crippen molar-refractivity contribution in [1.82, 2.24) is 5.09 Å². The van der Waals surface area contributed by atoms with Gasteiger partial charge in [-0.3, -0.25) is 9.88 Å². The van der Waals surface area contributed by atoms with Gasteiger partial charge in [-0.25, -0.2) is 4.57 Å². The quantitative estimate of drug-likeness (QED) is 0.330. The molecule has 2 rings (SSSR count). The van der Waals surface area contributed by atoms with Crippen LogP contribution in [-0.4, -0.2) is 36.7 Å². The minimum absolute atomic E-state index is 0.0888. The molecule has 24 heavy (non-hydrogen) atoms. The predicted molar refractivity (Wildman–Crippen MR) is 84.6 cm³/mol. The van der Waals surface area contributed by atoms with Crippen LogP contribution in [0.5, 0.6) is 5.75 Å². The fourth-order valence-electron chi connectivity index (χ4n) is 2.59. The molecule has 1 aliphatic rings. The Kier molecular flexibility index (Phi) is 4.98. The van der Waals surface area contributed by atoms with Crippen LogP contribution in [0.2, 0.25) is 0 Å². The van der Waals surface area contributed by atoms with Crippen LogP contribution in [0.15, 0.2) is 48.2 Å². The normalized spacial score (nSPS) is 19.8. The fourth-order valence-corrected chi connectivity index (χ4v) is 3.13. The van der Waals surface area contributed by atoms with Gasteiger partial charge in [0.05, 0.1) is 0 Å². The first kappa shape index (κ1) is 18.4. The van der Waals surface area contributed by atoms with E-state index in [1.807, 2.05) is 5.09 Å².